The van der Waals surface area contributed by atoms with Crippen LogP contribution in [0.2, 0.25) is 0 Å². The van der Waals surface area contributed by atoms with E-state index in [0.29, 0.717) is 29.0 Å². The summed E-state index contributed by atoms with van der Waals surface area (Å²) >= 11 is 0. The van der Waals surface area contributed by atoms with Crippen LogP contribution in [0.5, 0.6) is 5.75 Å². The molecule has 0 bridgehead atoms. The van der Waals surface area contributed by atoms with Crippen LogP contribution in [-0.2, 0) is 22.3 Å². The highest BCUT2D eigenvalue weighted by molar-refractivity contribution is 5.79. The van der Waals surface area contributed by atoms with Crippen LogP contribution in [0.4, 0.5) is 23.8 Å². The minimum atomic E-state index is -4.55. The molecule has 1 aliphatic carbocycles. The highest BCUT2D eigenvalue weighted by Gasteiger charge is 2.44. The summed E-state index contributed by atoms with van der Waals surface area (Å²) in [5.41, 5.74) is 2.27. The summed E-state index contributed by atoms with van der Waals surface area (Å²) in [6.45, 7) is 5.65. The number of aliphatic carboxylic acids is 1. The first-order valence-corrected chi connectivity index (χ1v) is 13.5. The van der Waals surface area contributed by atoms with Crippen LogP contribution in [0, 0.1) is 5.92 Å². The molecule has 1 aromatic heterocycles. The Morgan fingerprint density at radius 3 is 2.55 bits per heavy atom. The van der Waals surface area contributed by atoms with Crippen LogP contribution in [-0.4, -0.2) is 47.3 Å². The van der Waals surface area contributed by atoms with E-state index >= 15 is 0 Å². The molecule has 0 spiro atoms. The molecule has 42 heavy (non-hydrogen) atoms. The lowest BCUT2D eigenvalue weighted by molar-refractivity contribution is -0.139. The molecule has 1 saturated carbocycles. The van der Waals surface area contributed by atoms with Crippen LogP contribution < -0.4 is 9.64 Å². The molecule has 8 nitrogen and oxygen atoms in total. The van der Waals surface area contributed by atoms with Gasteiger partial charge in [0.1, 0.15) is 11.6 Å². The van der Waals surface area contributed by atoms with E-state index < -0.39 is 35.8 Å². The van der Waals surface area contributed by atoms with Gasteiger partial charge >= 0.3 is 18.2 Å². The van der Waals surface area contributed by atoms with Crippen molar-refractivity contribution in [1.29, 1.82) is 0 Å². The second-order valence-electron chi connectivity index (χ2n) is 10.7. The summed E-state index contributed by atoms with van der Waals surface area (Å²) in [5.74, 6) is -0.0925. The molecule has 0 unspecified atom stereocenters. The van der Waals surface area contributed by atoms with Crippen molar-refractivity contribution in [3.8, 4) is 16.9 Å². The third kappa shape index (κ3) is 5.03. The number of benzene rings is 2. The number of hydrogen-bond donors (Lipinski definition) is 1. The molecule has 2 aliphatic heterocycles. The number of aromatic nitrogens is 1. The van der Waals surface area contributed by atoms with Gasteiger partial charge in [-0.15, -0.1) is 0 Å². The maximum atomic E-state index is 13.3. The number of carbonyl (C=O) groups excluding carboxylic acids is 1. The van der Waals surface area contributed by atoms with Crippen LogP contribution in [0.1, 0.15) is 47.2 Å². The van der Waals surface area contributed by atoms with Crippen molar-refractivity contribution < 1.29 is 37.3 Å². The standard InChI is InChI=1S/C31H28F3N3O5/c1-17-28(19-5-3-6-20(13-19)31(32,33)34)42-30(40)37(17)16-25-21(8-10-27(35-25)36-11-4-12-36)23-14-18(7-9-26(23)41-2)22-15-24(22)29(38)39/h3,5-10,13-14,22,24,28H,1,4,11-12,15-16H2,2H3,(H,38,39)/t22-,24+,28-/m0/s1. The number of cyclic esters (lactones) is 1. The largest absolute Gasteiger partial charge is 0.496 e. The zero-order valence-electron chi connectivity index (χ0n) is 22.7. The van der Waals surface area contributed by atoms with E-state index in [-0.39, 0.29) is 23.7 Å². The number of halogens is 3. The Bertz CT molecular complexity index is 1590. The predicted molar refractivity (Wildman–Crippen MR) is 147 cm³/mol. The first-order valence-electron chi connectivity index (χ1n) is 13.5. The van der Waals surface area contributed by atoms with Crippen molar-refractivity contribution in [2.45, 2.75) is 37.6 Å². The number of carbonyl (C=O) groups is 2. The van der Waals surface area contributed by atoms with Crippen LogP contribution in [0.3, 0.4) is 0 Å². The minimum Gasteiger partial charge on any atom is -0.496 e. The fraction of sp³-hybridized carbons (Fsp3) is 0.323. The lowest BCUT2D eigenvalue weighted by atomic mass is 9.97. The van der Waals surface area contributed by atoms with Gasteiger partial charge in [0.25, 0.3) is 0 Å². The zero-order valence-corrected chi connectivity index (χ0v) is 22.7. The molecular weight excluding hydrogens is 551 g/mol. The van der Waals surface area contributed by atoms with Gasteiger partial charge in [0.2, 0.25) is 0 Å². The molecule has 3 atom stereocenters. The summed E-state index contributed by atoms with van der Waals surface area (Å²) in [4.78, 5) is 32.9. The molecule has 218 valence electrons. The van der Waals surface area contributed by atoms with Crippen molar-refractivity contribution in [3.63, 3.8) is 0 Å². The maximum Gasteiger partial charge on any atom is 0.416 e. The van der Waals surface area contributed by atoms with E-state index in [4.69, 9.17) is 14.5 Å². The molecule has 3 heterocycles. The predicted octanol–water partition coefficient (Wildman–Crippen LogP) is 6.38. The number of methoxy groups -OCH3 is 1. The van der Waals surface area contributed by atoms with Gasteiger partial charge in [-0.25, -0.2) is 9.78 Å². The molecule has 6 rings (SSSR count). The van der Waals surface area contributed by atoms with Crippen molar-refractivity contribution in [2.75, 3.05) is 25.1 Å². The average molecular weight is 580 g/mol. The van der Waals surface area contributed by atoms with Gasteiger partial charge in [-0.05, 0) is 66.3 Å². The third-order valence-electron chi connectivity index (χ3n) is 8.10. The number of nitrogens with zero attached hydrogens (tertiary/aromatic N) is 3. The summed E-state index contributed by atoms with van der Waals surface area (Å²) in [7, 11) is 1.54. The molecule has 2 saturated heterocycles. The van der Waals surface area contributed by atoms with E-state index in [0.717, 1.165) is 43.0 Å². The number of rotatable bonds is 8. The lowest BCUT2D eigenvalue weighted by Gasteiger charge is -2.32. The molecule has 0 radical (unpaired) electrons. The Kier molecular flexibility index (Phi) is 6.83. The van der Waals surface area contributed by atoms with Crippen molar-refractivity contribution in [2.24, 2.45) is 5.92 Å². The Morgan fingerprint density at radius 1 is 1.12 bits per heavy atom. The van der Waals surface area contributed by atoms with E-state index in [1.165, 1.54) is 24.1 Å². The van der Waals surface area contributed by atoms with Crippen LogP contribution >= 0.6 is 0 Å². The SMILES string of the molecule is C=C1[C@@H](c2cccc(C(F)(F)F)c2)OC(=O)N1Cc1nc(N2CCC2)ccc1-c1cc([C@@H]2C[C@H]2C(=O)O)ccc1OC. The van der Waals surface area contributed by atoms with E-state index in [2.05, 4.69) is 11.5 Å². The molecule has 3 fully saturated rings. The van der Waals surface area contributed by atoms with Crippen LogP contribution in [0.25, 0.3) is 11.1 Å². The van der Waals surface area contributed by atoms with Gasteiger partial charge in [-0.1, -0.05) is 24.8 Å². The lowest BCUT2D eigenvalue weighted by Crippen LogP contribution is -2.37. The summed E-state index contributed by atoms with van der Waals surface area (Å²) < 4.78 is 51.2. The normalized spacial score (nSPS) is 21.7. The molecule has 11 heteroatoms. The number of hydrogen-bond acceptors (Lipinski definition) is 6. The van der Waals surface area contributed by atoms with E-state index in [1.807, 2.05) is 24.3 Å². The molecular formula is C31H28F3N3O5. The van der Waals surface area contributed by atoms with Gasteiger partial charge < -0.3 is 19.5 Å². The highest BCUT2D eigenvalue weighted by Crippen LogP contribution is 2.49. The van der Waals surface area contributed by atoms with Crippen LogP contribution in [0.15, 0.2) is 66.9 Å². The first-order chi connectivity index (χ1) is 20.0. The van der Waals surface area contributed by atoms with Crippen molar-refractivity contribution in [1.82, 2.24) is 9.88 Å². The Balaban J connectivity index is 1.36. The molecule has 1 amide bonds. The van der Waals surface area contributed by atoms with Gasteiger partial charge in [-0.2, -0.15) is 13.2 Å². The van der Waals surface area contributed by atoms with E-state index in [9.17, 15) is 27.9 Å². The number of carboxylic acids is 1. The molecule has 2 aromatic carbocycles. The number of anilines is 1. The van der Waals surface area contributed by atoms with Gasteiger partial charge in [0, 0.05) is 24.2 Å². The molecule has 3 aromatic rings. The Morgan fingerprint density at radius 2 is 1.90 bits per heavy atom. The zero-order chi connectivity index (χ0) is 29.8. The molecule has 3 aliphatic rings. The minimum absolute atomic E-state index is 0.0430. The number of pyridine rings is 1. The fourth-order valence-corrected chi connectivity index (χ4v) is 5.53. The Labute approximate surface area is 240 Å². The fourth-order valence-electron chi connectivity index (χ4n) is 5.53. The number of alkyl halides is 3. The smallest absolute Gasteiger partial charge is 0.416 e. The van der Waals surface area contributed by atoms with Gasteiger partial charge in [0.05, 0.1) is 36.5 Å². The monoisotopic (exact) mass is 579 g/mol. The molecule has 1 N–H and O–H groups in total. The summed E-state index contributed by atoms with van der Waals surface area (Å²) in [6.07, 6.45) is -4.78. The third-order valence-corrected chi connectivity index (χ3v) is 8.10. The topological polar surface area (TPSA) is 92.2 Å². The second-order valence-corrected chi connectivity index (χ2v) is 10.7. The Hall–Kier alpha value is -4.54. The number of carboxylic acid groups (broad SMARTS) is 1. The van der Waals surface area contributed by atoms with Gasteiger partial charge in [-0.3, -0.25) is 9.69 Å². The van der Waals surface area contributed by atoms with Crippen molar-refractivity contribution in [3.05, 3.63) is 89.3 Å². The van der Waals surface area contributed by atoms with Gasteiger partial charge in [0.15, 0.2) is 6.10 Å². The second kappa shape index (κ2) is 10.4. The van der Waals surface area contributed by atoms with E-state index in [1.54, 1.807) is 6.07 Å². The number of amides is 1. The summed E-state index contributed by atoms with van der Waals surface area (Å²) in [6, 6.07) is 14.0. The number of ether oxygens (including phenoxy) is 2. The summed E-state index contributed by atoms with van der Waals surface area (Å²) in [5, 5.41) is 9.44. The highest BCUT2D eigenvalue weighted by atomic mass is 19.4. The maximum absolute atomic E-state index is 13.3. The average Bonchev–Trinajstić information content (AvgIpc) is 3.69. The quantitative estimate of drug-likeness (QED) is 0.331. The first kappa shape index (κ1) is 27.6. The van der Waals surface area contributed by atoms with Crippen molar-refractivity contribution >= 4 is 17.9 Å².